The monoisotopic (exact) mass is 387 g/mol. The molecule has 0 unspecified atom stereocenters. The number of para-hydroxylation sites is 1. The largest absolute Gasteiger partial charge is 0.448 e. The Labute approximate surface area is 156 Å². The molecule has 0 saturated carbocycles. The van der Waals surface area contributed by atoms with Crippen molar-refractivity contribution in [3.63, 3.8) is 0 Å². The zero-order valence-corrected chi connectivity index (χ0v) is 15.3. The Bertz CT molecular complexity index is 755. The van der Waals surface area contributed by atoms with Crippen molar-refractivity contribution in [1.82, 2.24) is 10.3 Å². The van der Waals surface area contributed by atoms with Crippen molar-refractivity contribution in [2.75, 3.05) is 13.1 Å². The molecule has 8 heteroatoms. The fraction of sp³-hybridized carbons (Fsp3) is 0.250. The third-order valence-corrected chi connectivity index (χ3v) is 4.30. The van der Waals surface area contributed by atoms with E-state index in [1.807, 2.05) is 24.3 Å². The number of nitrogens with two attached hydrogens (primary N) is 1. The topological polar surface area (TPSA) is 81.1 Å². The highest BCUT2D eigenvalue weighted by atomic mass is 35.5. The fourth-order valence-electron chi connectivity index (χ4n) is 2.11. The smallest absolute Gasteiger partial charge is 0.287 e. The van der Waals surface area contributed by atoms with Crippen LogP contribution in [0, 0.1) is 0 Å². The minimum absolute atomic E-state index is 0. The number of nitrogens with one attached hydrogen (secondary N) is 1. The number of furan rings is 1. The van der Waals surface area contributed by atoms with E-state index in [2.05, 4.69) is 10.3 Å². The van der Waals surface area contributed by atoms with E-state index in [9.17, 15) is 4.79 Å². The van der Waals surface area contributed by atoms with Crippen molar-refractivity contribution in [1.29, 1.82) is 0 Å². The van der Waals surface area contributed by atoms with Gasteiger partial charge in [0.15, 0.2) is 16.5 Å². The quantitative estimate of drug-likeness (QED) is 0.628. The Kier molecular flexibility index (Phi) is 8.21. The molecule has 0 bridgehead atoms. The van der Waals surface area contributed by atoms with Crippen molar-refractivity contribution in [2.45, 2.75) is 12.8 Å². The van der Waals surface area contributed by atoms with E-state index in [0.717, 1.165) is 28.1 Å². The van der Waals surface area contributed by atoms with E-state index >= 15 is 0 Å². The average molecular weight is 388 g/mol. The molecule has 0 aliphatic heterocycles. The molecule has 24 heavy (non-hydrogen) atoms. The maximum absolute atomic E-state index is 12.0. The summed E-state index contributed by atoms with van der Waals surface area (Å²) in [5.41, 5.74) is 6.36. The van der Waals surface area contributed by atoms with Gasteiger partial charge in [0.25, 0.3) is 5.91 Å². The second-order valence-corrected chi connectivity index (χ2v) is 5.93. The molecule has 0 radical (unpaired) electrons. The van der Waals surface area contributed by atoms with Crippen LogP contribution in [0.5, 0.6) is 0 Å². The van der Waals surface area contributed by atoms with Crippen LogP contribution in [0.3, 0.4) is 0 Å². The number of hydrogen-bond donors (Lipinski definition) is 2. The van der Waals surface area contributed by atoms with Crippen molar-refractivity contribution in [2.24, 2.45) is 5.73 Å². The first-order chi connectivity index (χ1) is 10.8. The van der Waals surface area contributed by atoms with Crippen LogP contribution in [-0.2, 0) is 0 Å². The molecule has 0 fully saturated rings. The SMILES string of the molecule is Cl.Cl.NCCCCNC(=O)c1ccc(-c2nc3ccccc3s2)o1. The minimum Gasteiger partial charge on any atom is -0.448 e. The lowest BCUT2D eigenvalue weighted by Crippen LogP contribution is -2.24. The predicted molar refractivity (Wildman–Crippen MR) is 102 cm³/mol. The second kappa shape index (κ2) is 9.64. The number of unbranched alkanes of at least 4 members (excludes halogenated alkanes) is 1. The first-order valence-electron chi connectivity index (χ1n) is 7.22. The number of thiazole rings is 1. The molecule has 0 aliphatic rings. The second-order valence-electron chi connectivity index (χ2n) is 4.90. The van der Waals surface area contributed by atoms with Gasteiger partial charge in [-0.2, -0.15) is 0 Å². The van der Waals surface area contributed by atoms with E-state index in [1.54, 1.807) is 23.5 Å². The molecule has 2 aromatic heterocycles. The molecule has 0 spiro atoms. The lowest BCUT2D eigenvalue weighted by molar-refractivity contribution is 0.0926. The van der Waals surface area contributed by atoms with Crippen molar-refractivity contribution in [3.05, 3.63) is 42.2 Å². The first-order valence-corrected chi connectivity index (χ1v) is 8.03. The molecule has 2 heterocycles. The lowest BCUT2D eigenvalue weighted by Gasteiger charge is -2.01. The Morgan fingerprint density at radius 2 is 1.96 bits per heavy atom. The summed E-state index contributed by atoms with van der Waals surface area (Å²) >= 11 is 1.55. The molecular weight excluding hydrogens is 369 g/mol. The highest BCUT2D eigenvalue weighted by molar-refractivity contribution is 7.21. The van der Waals surface area contributed by atoms with Gasteiger partial charge in [0, 0.05) is 6.54 Å². The van der Waals surface area contributed by atoms with Crippen LogP contribution < -0.4 is 11.1 Å². The molecule has 1 aromatic carbocycles. The van der Waals surface area contributed by atoms with Gasteiger partial charge in [-0.25, -0.2) is 4.98 Å². The summed E-state index contributed by atoms with van der Waals surface area (Å²) in [4.78, 5) is 16.5. The molecule has 1 amide bonds. The van der Waals surface area contributed by atoms with Gasteiger partial charge in [-0.05, 0) is 43.7 Å². The van der Waals surface area contributed by atoms with Gasteiger partial charge >= 0.3 is 0 Å². The molecule has 3 N–H and O–H groups in total. The average Bonchev–Trinajstić information content (AvgIpc) is 3.17. The summed E-state index contributed by atoms with van der Waals surface area (Å²) in [6, 6.07) is 11.4. The van der Waals surface area contributed by atoms with Crippen LogP contribution >= 0.6 is 36.2 Å². The maximum Gasteiger partial charge on any atom is 0.287 e. The normalized spacial score (nSPS) is 10.0. The Morgan fingerprint density at radius 1 is 1.17 bits per heavy atom. The highest BCUT2D eigenvalue weighted by Gasteiger charge is 2.14. The van der Waals surface area contributed by atoms with Gasteiger partial charge in [-0.1, -0.05) is 12.1 Å². The number of aromatic nitrogens is 1. The number of hydrogen-bond acceptors (Lipinski definition) is 5. The van der Waals surface area contributed by atoms with Crippen LogP contribution in [-0.4, -0.2) is 24.0 Å². The fourth-order valence-corrected chi connectivity index (χ4v) is 3.04. The van der Waals surface area contributed by atoms with Crippen LogP contribution in [0.25, 0.3) is 21.0 Å². The predicted octanol–water partition coefficient (Wildman–Crippen LogP) is 3.87. The summed E-state index contributed by atoms with van der Waals surface area (Å²) < 4.78 is 6.73. The van der Waals surface area contributed by atoms with Crippen LogP contribution in [0.2, 0.25) is 0 Å². The van der Waals surface area contributed by atoms with Gasteiger partial charge in [0.2, 0.25) is 0 Å². The number of fused-ring (bicyclic) bond motifs is 1. The summed E-state index contributed by atoms with van der Waals surface area (Å²) in [5.74, 6) is 0.722. The van der Waals surface area contributed by atoms with Gasteiger partial charge in [0.05, 0.1) is 10.2 Å². The van der Waals surface area contributed by atoms with Crippen molar-refractivity contribution >= 4 is 52.3 Å². The van der Waals surface area contributed by atoms with Gasteiger partial charge in [0.1, 0.15) is 0 Å². The number of amides is 1. The van der Waals surface area contributed by atoms with Gasteiger partial charge < -0.3 is 15.5 Å². The molecular formula is C16H19Cl2N3O2S. The number of nitrogens with zero attached hydrogens (tertiary/aromatic N) is 1. The van der Waals surface area contributed by atoms with E-state index in [1.165, 1.54) is 0 Å². The summed E-state index contributed by atoms with van der Waals surface area (Å²) in [6.07, 6.45) is 1.77. The standard InChI is InChI=1S/C16H17N3O2S.2ClH/c17-9-3-4-10-18-15(20)12-7-8-13(21-12)16-19-11-5-1-2-6-14(11)22-16;;/h1-2,5-8H,3-4,9-10,17H2,(H,18,20);2*1H. The number of halogens is 2. The number of carbonyl (C=O) groups is 1. The van der Waals surface area contributed by atoms with E-state index < -0.39 is 0 Å². The number of benzene rings is 1. The third-order valence-electron chi connectivity index (χ3n) is 3.25. The molecule has 0 aliphatic carbocycles. The summed E-state index contributed by atoms with van der Waals surface area (Å²) in [6.45, 7) is 1.24. The van der Waals surface area contributed by atoms with Crippen molar-refractivity contribution in [3.8, 4) is 10.8 Å². The Balaban J connectivity index is 0.00000144. The van der Waals surface area contributed by atoms with Crippen LogP contribution in [0.1, 0.15) is 23.4 Å². The summed E-state index contributed by atoms with van der Waals surface area (Å²) in [7, 11) is 0. The molecule has 0 atom stereocenters. The molecule has 3 aromatic rings. The van der Waals surface area contributed by atoms with E-state index in [0.29, 0.717) is 24.6 Å². The summed E-state index contributed by atoms with van der Waals surface area (Å²) in [5, 5.41) is 3.60. The number of carbonyl (C=O) groups excluding carboxylic acids is 1. The van der Waals surface area contributed by atoms with E-state index in [-0.39, 0.29) is 30.7 Å². The number of rotatable bonds is 6. The molecule has 0 saturated heterocycles. The van der Waals surface area contributed by atoms with Crippen LogP contribution in [0.15, 0.2) is 40.8 Å². The minimum atomic E-state index is -0.204. The first kappa shape index (κ1) is 20.4. The van der Waals surface area contributed by atoms with Gasteiger partial charge in [-0.3, -0.25) is 4.79 Å². The van der Waals surface area contributed by atoms with Crippen molar-refractivity contribution < 1.29 is 9.21 Å². The molecule has 5 nitrogen and oxygen atoms in total. The molecule has 130 valence electrons. The third kappa shape index (κ3) is 4.70. The van der Waals surface area contributed by atoms with E-state index in [4.69, 9.17) is 10.2 Å². The molecule has 3 rings (SSSR count). The zero-order chi connectivity index (χ0) is 15.4. The zero-order valence-electron chi connectivity index (χ0n) is 12.9. The highest BCUT2D eigenvalue weighted by Crippen LogP contribution is 2.31. The van der Waals surface area contributed by atoms with Gasteiger partial charge in [-0.15, -0.1) is 36.2 Å². The van der Waals surface area contributed by atoms with Crippen LogP contribution in [0.4, 0.5) is 0 Å². The maximum atomic E-state index is 12.0. The lowest BCUT2D eigenvalue weighted by atomic mass is 10.3. The Hall–Kier alpha value is -1.60. The Morgan fingerprint density at radius 3 is 2.71 bits per heavy atom.